The van der Waals surface area contributed by atoms with Gasteiger partial charge < -0.3 is 10.3 Å². The summed E-state index contributed by atoms with van der Waals surface area (Å²) in [4.78, 5) is 0. The molecule has 0 amide bonds. The van der Waals surface area contributed by atoms with Gasteiger partial charge in [0.15, 0.2) is 0 Å². The molecule has 2 N–H and O–H groups in total. The van der Waals surface area contributed by atoms with E-state index < -0.39 is 11.5 Å². The topological polar surface area (TPSA) is 52.8 Å². The highest BCUT2D eigenvalue weighted by Crippen LogP contribution is 2.38. The highest BCUT2D eigenvalue weighted by atomic mass is 16.4. The molecule has 1 saturated carbocycles. The van der Waals surface area contributed by atoms with E-state index in [0.29, 0.717) is 18.6 Å². The number of hydrogen-bond acceptors (Lipinski definition) is 3. The SMILES string of the molecule is C=C(C)C1C/C(=N/O)C(C)(C)C(O)C1. The molecule has 1 rings (SSSR count). The van der Waals surface area contributed by atoms with Crippen molar-refractivity contribution in [1.82, 2.24) is 0 Å². The van der Waals surface area contributed by atoms with Crippen LogP contribution in [0.4, 0.5) is 0 Å². The average Bonchev–Trinajstić information content (AvgIpc) is 2.09. The van der Waals surface area contributed by atoms with Crippen LogP contribution in [-0.4, -0.2) is 22.1 Å². The zero-order valence-electron chi connectivity index (χ0n) is 9.12. The van der Waals surface area contributed by atoms with Crippen LogP contribution >= 0.6 is 0 Å². The Kier molecular flexibility index (Phi) is 3.00. The van der Waals surface area contributed by atoms with Crippen LogP contribution in [0.15, 0.2) is 17.3 Å². The lowest BCUT2D eigenvalue weighted by molar-refractivity contribution is 0.0573. The van der Waals surface area contributed by atoms with Crippen LogP contribution in [-0.2, 0) is 0 Å². The van der Waals surface area contributed by atoms with Crippen molar-refractivity contribution in [3.05, 3.63) is 12.2 Å². The van der Waals surface area contributed by atoms with Gasteiger partial charge in [-0.3, -0.25) is 0 Å². The van der Waals surface area contributed by atoms with Crippen molar-refractivity contribution in [2.45, 2.75) is 39.7 Å². The van der Waals surface area contributed by atoms with Crippen LogP contribution in [0.5, 0.6) is 0 Å². The third-order valence-electron chi connectivity index (χ3n) is 3.34. The molecule has 0 saturated heterocycles. The third-order valence-corrected chi connectivity index (χ3v) is 3.34. The zero-order chi connectivity index (χ0) is 10.9. The largest absolute Gasteiger partial charge is 0.411 e. The van der Waals surface area contributed by atoms with E-state index in [0.717, 1.165) is 5.57 Å². The minimum absolute atomic E-state index is 0.240. The van der Waals surface area contributed by atoms with Gasteiger partial charge in [-0.1, -0.05) is 31.2 Å². The van der Waals surface area contributed by atoms with Crippen molar-refractivity contribution in [3.63, 3.8) is 0 Å². The molecule has 3 nitrogen and oxygen atoms in total. The monoisotopic (exact) mass is 197 g/mol. The maximum atomic E-state index is 9.92. The number of oxime groups is 1. The first-order valence-electron chi connectivity index (χ1n) is 4.94. The van der Waals surface area contributed by atoms with Gasteiger partial charge in [0.05, 0.1) is 11.8 Å². The Morgan fingerprint density at radius 1 is 1.57 bits per heavy atom. The molecule has 1 aliphatic rings. The number of hydrogen-bond donors (Lipinski definition) is 2. The fraction of sp³-hybridized carbons (Fsp3) is 0.727. The summed E-state index contributed by atoms with van der Waals surface area (Å²) in [7, 11) is 0. The summed E-state index contributed by atoms with van der Waals surface area (Å²) in [5.41, 5.74) is 1.30. The summed E-state index contributed by atoms with van der Waals surface area (Å²) in [6.07, 6.45) is 0.959. The van der Waals surface area contributed by atoms with E-state index in [9.17, 15) is 5.11 Å². The van der Waals surface area contributed by atoms with Crippen molar-refractivity contribution in [2.24, 2.45) is 16.5 Å². The van der Waals surface area contributed by atoms with Crippen LogP contribution in [0, 0.1) is 11.3 Å². The predicted octanol–water partition coefficient (Wildman–Crippen LogP) is 2.19. The Morgan fingerprint density at radius 3 is 2.57 bits per heavy atom. The van der Waals surface area contributed by atoms with Gasteiger partial charge in [0, 0.05) is 5.41 Å². The van der Waals surface area contributed by atoms with Crippen LogP contribution in [0.3, 0.4) is 0 Å². The van der Waals surface area contributed by atoms with Gasteiger partial charge in [-0.05, 0) is 25.7 Å². The average molecular weight is 197 g/mol. The van der Waals surface area contributed by atoms with E-state index in [2.05, 4.69) is 11.7 Å². The normalized spacial score (nSPS) is 34.4. The molecule has 2 unspecified atom stereocenters. The summed E-state index contributed by atoms with van der Waals surface area (Å²) in [5, 5.41) is 22.1. The lowest BCUT2D eigenvalue weighted by Gasteiger charge is -2.39. The lowest BCUT2D eigenvalue weighted by Crippen LogP contribution is -2.44. The van der Waals surface area contributed by atoms with Crippen LogP contribution < -0.4 is 0 Å². The fourth-order valence-electron chi connectivity index (χ4n) is 1.88. The molecule has 1 aliphatic carbocycles. The van der Waals surface area contributed by atoms with Crippen molar-refractivity contribution in [2.75, 3.05) is 0 Å². The van der Waals surface area contributed by atoms with Gasteiger partial charge in [-0.25, -0.2) is 0 Å². The minimum atomic E-state index is -0.455. The van der Waals surface area contributed by atoms with E-state index in [1.807, 2.05) is 20.8 Å². The maximum Gasteiger partial charge on any atom is 0.0658 e. The van der Waals surface area contributed by atoms with E-state index in [1.165, 1.54) is 0 Å². The summed E-state index contributed by atoms with van der Waals surface area (Å²) < 4.78 is 0. The standard InChI is InChI=1S/C11H19NO2/c1-7(2)8-5-9(12-14)11(3,4)10(13)6-8/h8,10,13-14H,1,5-6H2,2-4H3/b12-9-. The molecular formula is C11H19NO2. The maximum absolute atomic E-state index is 9.92. The van der Waals surface area contributed by atoms with E-state index in [-0.39, 0.29) is 5.92 Å². The first-order chi connectivity index (χ1) is 6.39. The van der Waals surface area contributed by atoms with E-state index in [1.54, 1.807) is 0 Å². The molecule has 0 aromatic rings. The first kappa shape index (κ1) is 11.2. The molecule has 0 aromatic heterocycles. The highest BCUT2D eigenvalue weighted by Gasteiger charge is 2.41. The summed E-state index contributed by atoms with van der Waals surface area (Å²) >= 11 is 0. The Hall–Kier alpha value is -0.830. The summed E-state index contributed by atoms with van der Waals surface area (Å²) in [6.45, 7) is 9.64. The molecule has 14 heavy (non-hydrogen) atoms. The third kappa shape index (κ3) is 1.82. The number of allylic oxidation sites excluding steroid dienone is 1. The number of aliphatic hydroxyl groups excluding tert-OH is 1. The molecule has 2 atom stereocenters. The number of aliphatic hydroxyl groups is 1. The molecule has 0 aliphatic heterocycles. The smallest absolute Gasteiger partial charge is 0.0658 e. The molecular weight excluding hydrogens is 178 g/mol. The van der Waals surface area contributed by atoms with E-state index >= 15 is 0 Å². The molecule has 0 aromatic carbocycles. The van der Waals surface area contributed by atoms with Gasteiger partial charge in [0.1, 0.15) is 0 Å². The Bertz CT molecular complexity index is 268. The van der Waals surface area contributed by atoms with Crippen molar-refractivity contribution in [1.29, 1.82) is 0 Å². The lowest BCUT2D eigenvalue weighted by atomic mass is 9.68. The second-order valence-electron chi connectivity index (χ2n) is 4.77. The summed E-state index contributed by atoms with van der Waals surface area (Å²) in [6, 6.07) is 0. The molecule has 80 valence electrons. The highest BCUT2D eigenvalue weighted by molar-refractivity contribution is 5.90. The number of nitrogens with zero attached hydrogens (tertiary/aromatic N) is 1. The Labute approximate surface area is 85.1 Å². The molecule has 0 radical (unpaired) electrons. The van der Waals surface area contributed by atoms with E-state index in [4.69, 9.17) is 5.21 Å². The molecule has 3 heteroatoms. The van der Waals surface area contributed by atoms with Gasteiger partial charge in [-0.2, -0.15) is 0 Å². The Morgan fingerprint density at radius 2 is 2.14 bits per heavy atom. The van der Waals surface area contributed by atoms with Gasteiger partial charge in [0.25, 0.3) is 0 Å². The second kappa shape index (κ2) is 3.73. The zero-order valence-corrected chi connectivity index (χ0v) is 9.12. The van der Waals surface area contributed by atoms with Crippen molar-refractivity contribution >= 4 is 5.71 Å². The Balaban J connectivity index is 2.90. The van der Waals surface area contributed by atoms with Gasteiger partial charge >= 0.3 is 0 Å². The minimum Gasteiger partial charge on any atom is -0.411 e. The fourth-order valence-corrected chi connectivity index (χ4v) is 1.88. The van der Waals surface area contributed by atoms with Crippen molar-refractivity contribution in [3.8, 4) is 0 Å². The summed E-state index contributed by atoms with van der Waals surface area (Å²) in [5.74, 6) is 0.240. The van der Waals surface area contributed by atoms with Gasteiger partial charge in [0.2, 0.25) is 0 Å². The number of rotatable bonds is 1. The molecule has 0 bridgehead atoms. The second-order valence-corrected chi connectivity index (χ2v) is 4.77. The van der Waals surface area contributed by atoms with Crippen LogP contribution in [0.25, 0.3) is 0 Å². The predicted molar refractivity (Wildman–Crippen MR) is 56.5 cm³/mol. The molecule has 1 fully saturated rings. The first-order valence-corrected chi connectivity index (χ1v) is 4.94. The van der Waals surface area contributed by atoms with Crippen LogP contribution in [0.2, 0.25) is 0 Å². The molecule has 0 heterocycles. The van der Waals surface area contributed by atoms with Gasteiger partial charge in [-0.15, -0.1) is 0 Å². The van der Waals surface area contributed by atoms with Crippen molar-refractivity contribution < 1.29 is 10.3 Å². The van der Waals surface area contributed by atoms with Crippen LogP contribution in [0.1, 0.15) is 33.6 Å². The quantitative estimate of drug-likeness (QED) is 0.384. The molecule has 0 spiro atoms.